The van der Waals surface area contributed by atoms with Gasteiger partial charge in [0, 0.05) is 22.4 Å². The molecular formula is C11H13N3S. The number of thiazole rings is 1. The van der Waals surface area contributed by atoms with Crippen LogP contribution in [0.1, 0.15) is 10.4 Å². The van der Waals surface area contributed by atoms with Crippen molar-refractivity contribution < 1.29 is 0 Å². The van der Waals surface area contributed by atoms with E-state index in [0.29, 0.717) is 0 Å². The summed E-state index contributed by atoms with van der Waals surface area (Å²) >= 11 is 1.65. The highest BCUT2D eigenvalue weighted by Gasteiger charge is 1.97. The largest absolute Gasteiger partial charge is 0.399 e. The van der Waals surface area contributed by atoms with Crippen molar-refractivity contribution in [2.75, 3.05) is 11.1 Å². The molecule has 0 aliphatic carbocycles. The van der Waals surface area contributed by atoms with Crippen molar-refractivity contribution in [2.24, 2.45) is 0 Å². The molecule has 0 aliphatic heterocycles. The van der Waals surface area contributed by atoms with Gasteiger partial charge in [0.15, 0.2) is 0 Å². The highest BCUT2D eigenvalue weighted by molar-refractivity contribution is 7.09. The lowest BCUT2D eigenvalue weighted by Gasteiger charge is -2.06. The van der Waals surface area contributed by atoms with E-state index in [9.17, 15) is 0 Å². The van der Waals surface area contributed by atoms with Crippen LogP contribution >= 0.6 is 11.3 Å². The van der Waals surface area contributed by atoms with Gasteiger partial charge in [-0.25, -0.2) is 0 Å². The summed E-state index contributed by atoms with van der Waals surface area (Å²) in [6.45, 7) is 2.84. The van der Waals surface area contributed by atoms with Gasteiger partial charge in [0.2, 0.25) is 0 Å². The summed E-state index contributed by atoms with van der Waals surface area (Å²) in [6, 6.07) is 5.98. The van der Waals surface area contributed by atoms with Crippen molar-refractivity contribution >= 4 is 22.7 Å². The van der Waals surface area contributed by atoms with Gasteiger partial charge in [-0.3, -0.25) is 4.98 Å². The van der Waals surface area contributed by atoms with Crippen LogP contribution in [-0.4, -0.2) is 4.98 Å². The van der Waals surface area contributed by atoms with Crippen LogP contribution in [-0.2, 0) is 6.54 Å². The number of nitrogens with two attached hydrogens (primary N) is 1. The van der Waals surface area contributed by atoms with E-state index in [1.807, 2.05) is 30.8 Å². The van der Waals surface area contributed by atoms with E-state index in [0.717, 1.165) is 17.9 Å². The Kier molecular flexibility index (Phi) is 2.87. The quantitative estimate of drug-likeness (QED) is 0.780. The lowest BCUT2D eigenvalue weighted by Crippen LogP contribution is -1.98. The number of anilines is 2. The molecule has 78 valence electrons. The van der Waals surface area contributed by atoms with Crippen LogP contribution < -0.4 is 11.1 Å². The fourth-order valence-corrected chi connectivity index (χ4v) is 1.97. The molecule has 0 atom stereocenters. The minimum absolute atomic E-state index is 0.793. The lowest BCUT2D eigenvalue weighted by molar-refractivity contribution is 1.17. The number of hydrogen-bond acceptors (Lipinski definition) is 4. The number of hydrogen-bond donors (Lipinski definition) is 2. The van der Waals surface area contributed by atoms with E-state index < -0.39 is 0 Å². The van der Waals surface area contributed by atoms with E-state index >= 15 is 0 Å². The molecule has 15 heavy (non-hydrogen) atoms. The van der Waals surface area contributed by atoms with Crippen LogP contribution in [0.2, 0.25) is 0 Å². The molecule has 2 aromatic rings. The van der Waals surface area contributed by atoms with Crippen LogP contribution in [0, 0.1) is 6.92 Å². The third-order valence-corrected chi connectivity index (χ3v) is 2.83. The average Bonchev–Trinajstić information content (AvgIpc) is 2.65. The van der Waals surface area contributed by atoms with E-state index in [4.69, 9.17) is 5.73 Å². The molecule has 1 aromatic heterocycles. The molecule has 3 nitrogen and oxygen atoms in total. The third-order valence-electron chi connectivity index (χ3n) is 2.05. The smallest absolute Gasteiger partial charge is 0.0794 e. The maximum Gasteiger partial charge on any atom is 0.0794 e. The molecule has 0 bridgehead atoms. The monoisotopic (exact) mass is 219 g/mol. The van der Waals surface area contributed by atoms with Gasteiger partial charge in [-0.05, 0) is 30.7 Å². The summed E-state index contributed by atoms with van der Waals surface area (Å²) in [5.74, 6) is 0. The molecule has 3 N–H and O–H groups in total. The number of nitrogens with zero attached hydrogens (tertiary/aromatic N) is 1. The Hall–Kier alpha value is -1.55. The second kappa shape index (κ2) is 4.31. The normalized spacial score (nSPS) is 10.2. The Bertz CT molecular complexity index is 417. The van der Waals surface area contributed by atoms with Crippen LogP contribution in [0.15, 0.2) is 29.9 Å². The maximum absolute atomic E-state index is 5.76. The highest BCUT2D eigenvalue weighted by Crippen LogP contribution is 2.17. The maximum atomic E-state index is 5.76. The average molecular weight is 219 g/mol. The Morgan fingerprint density at radius 3 is 2.93 bits per heavy atom. The molecular weight excluding hydrogens is 206 g/mol. The van der Waals surface area contributed by atoms with Gasteiger partial charge < -0.3 is 11.1 Å². The Balaban J connectivity index is 2.05. The first-order valence-corrected chi connectivity index (χ1v) is 5.60. The molecule has 0 radical (unpaired) electrons. The van der Waals surface area contributed by atoms with Crippen LogP contribution in [0.3, 0.4) is 0 Å². The summed E-state index contributed by atoms with van der Waals surface area (Å²) in [4.78, 5) is 5.24. The molecule has 0 aliphatic rings. The summed E-state index contributed by atoms with van der Waals surface area (Å²) in [6.07, 6.45) is 1.87. The van der Waals surface area contributed by atoms with Crippen LogP contribution in [0.25, 0.3) is 0 Å². The second-order valence-corrected chi connectivity index (χ2v) is 4.42. The predicted molar refractivity (Wildman–Crippen MR) is 65.0 cm³/mol. The van der Waals surface area contributed by atoms with Crippen molar-refractivity contribution in [3.63, 3.8) is 0 Å². The van der Waals surface area contributed by atoms with Crippen molar-refractivity contribution in [1.29, 1.82) is 0 Å². The van der Waals surface area contributed by atoms with E-state index in [2.05, 4.69) is 16.4 Å². The van der Waals surface area contributed by atoms with Crippen LogP contribution in [0.4, 0.5) is 11.4 Å². The Morgan fingerprint density at radius 1 is 1.40 bits per heavy atom. The molecule has 0 saturated heterocycles. The number of aryl methyl sites for hydroxylation is 1. The van der Waals surface area contributed by atoms with Gasteiger partial charge in [0.05, 0.1) is 12.1 Å². The molecule has 0 fully saturated rings. The molecule has 0 unspecified atom stereocenters. The number of rotatable bonds is 3. The van der Waals surface area contributed by atoms with Crippen molar-refractivity contribution in [2.45, 2.75) is 13.5 Å². The number of nitrogens with one attached hydrogen (secondary N) is 1. The Morgan fingerprint density at radius 2 is 2.27 bits per heavy atom. The minimum Gasteiger partial charge on any atom is -0.399 e. The third kappa shape index (κ3) is 2.70. The number of benzene rings is 1. The van der Waals surface area contributed by atoms with Gasteiger partial charge in [-0.2, -0.15) is 0 Å². The molecule has 2 rings (SSSR count). The molecule has 0 saturated carbocycles. The zero-order chi connectivity index (χ0) is 10.7. The number of nitrogen functional groups attached to an aromatic ring is 1. The predicted octanol–water partition coefficient (Wildman–Crippen LogP) is 2.65. The second-order valence-electron chi connectivity index (χ2n) is 3.45. The standard InChI is InChI=1S/C11H13N3S/c1-8-2-9(12)4-10(3-8)14-6-11-5-13-7-15-11/h2-5,7,14H,6,12H2,1H3. The lowest BCUT2D eigenvalue weighted by atomic mass is 10.2. The first kappa shape index (κ1) is 9.98. The summed E-state index contributed by atoms with van der Waals surface area (Å²) in [5.41, 5.74) is 10.6. The van der Waals surface area contributed by atoms with Gasteiger partial charge in [0.1, 0.15) is 0 Å². The molecule has 4 heteroatoms. The highest BCUT2D eigenvalue weighted by atomic mass is 32.1. The summed E-state index contributed by atoms with van der Waals surface area (Å²) < 4.78 is 0. The van der Waals surface area contributed by atoms with Gasteiger partial charge in [-0.15, -0.1) is 11.3 Å². The fourth-order valence-electron chi connectivity index (χ4n) is 1.43. The first-order chi connectivity index (χ1) is 7.24. The zero-order valence-corrected chi connectivity index (χ0v) is 9.34. The summed E-state index contributed by atoms with van der Waals surface area (Å²) in [7, 11) is 0. The SMILES string of the molecule is Cc1cc(N)cc(NCc2cncs2)c1. The molecule has 1 aromatic carbocycles. The first-order valence-electron chi connectivity index (χ1n) is 4.72. The van der Waals surface area contributed by atoms with E-state index in [1.54, 1.807) is 11.3 Å². The fraction of sp³-hybridized carbons (Fsp3) is 0.182. The Labute approximate surface area is 93.0 Å². The van der Waals surface area contributed by atoms with E-state index in [1.165, 1.54) is 10.4 Å². The van der Waals surface area contributed by atoms with Crippen molar-refractivity contribution in [3.8, 4) is 0 Å². The van der Waals surface area contributed by atoms with Gasteiger partial charge in [-0.1, -0.05) is 0 Å². The van der Waals surface area contributed by atoms with E-state index in [-0.39, 0.29) is 0 Å². The molecule has 1 heterocycles. The summed E-state index contributed by atoms with van der Waals surface area (Å²) in [5, 5.41) is 3.32. The van der Waals surface area contributed by atoms with Crippen molar-refractivity contribution in [1.82, 2.24) is 4.98 Å². The number of aromatic nitrogens is 1. The van der Waals surface area contributed by atoms with Gasteiger partial charge >= 0.3 is 0 Å². The zero-order valence-electron chi connectivity index (χ0n) is 8.53. The topological polar surface area (TPSA) is 50.9 Å². The van der Waals surface area contributed by atoms with Crippen LogP contribution in [0.5, 0.6) is 0 Å². The molecule has 0 amide bonds. The molecule has 0 spiro atoms. The van der Waals surface area contributed by atoms with Gasteiger partial charge in [0.25, 0.3) is 0 Å². The van der Waals surface area contributed by atoms with Crippen molar-refractivity contribution in [3.05, 3.63) is 40.3 Å². The minimum atomic E-state index is 0.793.